The molecule has 0 fully saturated rings. The molecule has 0 aliphatic rings. The van der Waals surface area contributed by atoms with Crippen LogP contribution in [0.5, 0.6) is 0 Å². The minimum atomic E-state index is -0.523. The number of nitrogens with one attached hydrogen (secondary N) is 1. The lowest BCUT2D eigenvalue weighted by Gasteiger charge is -2.09. The maximum Gasteiger partial charge on any atom is 0.140 e. The third kappa shape index (κ3) is 5.86. The molecule has 0 atom stereocenters. The molecule has 3 nitrogen and oxygen atoms in total. The van der Waals surface area contributed by atoms with Crippen molar-refractivity contribution in [2.75, 3.05) is 39.7 Å². The van der Waals surface area contributed by atoms with Gasteiger partial charge in [0.2, 0.25) is 0 Å². The second-order valence-electron chi connectivity index (χ2n) is 3.90. The Labute approximate surface area is 116 Å². The summed E-state index contributed by atoms with van der Waals surface area (Å²) in [6, 6.07) is 2.72. The summed E-state index contributed by atoms with van der Waals surface area (Å²) >= 11 is 1.12. The van der Waals surface area contributed by atoms with Crippen LogP contribution < -0.4 is 5.32 Å². The van der Waals surface area contributed by atoms with Crippen molar-refractivity contribution in [2.24, 2.45) is 0 Å². The topological polar surface area (TPSA) is 30.5 Å². The van der Waals surface area contributed by atoms with E-state index in [2.05, 4.69) is 5.32 Å². The molecule has 0 aliphatic carbocycles. The van der Waals surface area contributed by atoms with Gasteiger partial charge in [-0.05, 0) is 17.7 Å². The molecular weight excluding hydrogens is 272 g/mol. The summed E-state index contributed by atoms with van der Waals surface area (Å²) in [5, 5.41) is 3.04. The fourth-order valence-corrected chi connectivity index (χ4v) is 2.33. The van der Waals surface area contributed by atoms with Crippen LogP contribution in [0.1, 0.15) is 5.56 Å². The Morgan fingerprint density at radius 3 is 2.32 bits per heavy atom. The van der Waals surface area contributed by atoms with Crippen LogP contribution in [-0.4, -0.2) is 39.7 Å². The normalized spacial score (nSPS) is 10.9. The lowest BCUT2D eigenvalue weighted by Crippen LogP contribution is -2.18. The molecule has 1 rings (SSSR count). The Hall–Kier alpha value is -0.690. The first kappa shape index (κ1) is 16.4. The van der Waals surface area contributed by atoms with Crippen molar-refractivity contribution in [2.45, 2.75) is 11.4 Å². The van der Waals surface area contributed by atoms with Gasteiger partial charge < -0.3 is 14.8 Å². The smallest absolute Gasteiger partial charge is 0.140 e. The van der Waals surface area contributed by atoms with Crippen molar-refractivity contribution in [3.8, 4) is 0 Å². The van der Waals surface area contributed by atoms with Gasteiger partial charge in [0.05, 0.1) is 18.1 Å². The molecule has 0 saturated heterocycles. The lowest BCUT2D eigenvalue weighted by atomic mass is 10.2. The van der Waals surface area contributed by atoms with Crippen LogP contribution in [0.15, 0.2) is 17.0 Å². The van der Waals surface area contributed by atoms with E-state index in [-0.39, 0.29) is 4.90 Å². The van der Waals surface area contributed by atoms with Gasteiger partial charge in [-0.25, -0.2) is 8.78 Å². The Morgan fingerprint density at radius 2 is 1.74 bits per heavy atom. The summed E-state index contributed by atoms with van der Waals surface area (Å²) in [6.45, 7) is 2.09. The highest BCUT2D eigenvalue weighted by Gasteiger charge is 2.11. The van der Waals surface area contributed by atoms with Crippen LogP contribution in [0.2, 0.25) is 0 Å². The van der Waals surface area contributed by atoms with Crippen molar-refractivity contribution < 1.29 is 18.3 Å². The van der Waals surface area contributed by atoms with Crippen LogP contribution >= 0.6 is 11.8 Å². The van der Waals surface area contributed by atoms with Crippen molar-refractivity contribution in [3.05, 3.63) is 29.3 Å². The Kier molecular flexibility index (Phi) is 7.97. The summed E-state index contributed by atoms with van der Waals surface area (Å²) in [5.41, 5.74) is 0.585. The van der Waals surface area contributed by atoms with Crippen LogP contribution in [0.3, 0.4) is 0 Å². The molecular formula is C13H19F2NO2S. The van der Waals surface area contributed by atoms with Gasteiger partial charge in [-0.15, -0.1) is 11.8 Å². The molecule has 0 heterocycles. The van der Waals surface area contributed by atoms with E-state index in [1.54, 1.807) is 14.2 Å². The molecule has 1 N–H and O–H groups in total. The summed E-state index contributed by atoms with van der Waals surface area (Å²) in [5.74, 6) is -0.523. The van der Waals surface area contributed by atoms with E-state index >= 15 is 0 Å². The van der Waals surface area contributed by atoms with E-state index in [0.717, 1.165) is 11.8 Å². The molecule has 0 saturated carbocycles. The SMILES string of the molecule is COCCNCc1cc(F)c(SCCOC)c(F)c1. The average molecular weight is 291 g/mol. The highest BCUT2D eigenvalue weighted by atomic mass is 32.2. The van der Waals surface area contributed by atoms with Crippen LogP contribution in [0, 0.1) is 11.6 Å². The number of thioether (sulfide) groups is 1. The third-order valence-electron chi connectivity index (χ3n) is 2.40. The predicted octanol–water partition coefficient (Wildman–Crippen LogP) is 2.44. The van der Waals surface area contributed by atoms with Gasteiger partial charge in [0.15, 0.2) is 0 Å². The molecule has 6 heteroatoms. The molecule has 0 spiro atoms. The van der Waals surface area contributed by atoms with Crippen molar-refractivity contribution >= 4 is 11.8 Å². The summed E-state index contributed by atoms with van der Waals surface area (Å²) in [6.07, 6.45) is 0. The Balaban J connectivity index is 2.57. The molecule has 19 heavy (non-hydrogen) atoms. The summed E-state index contributed by atoms with van der Waals surface area (Å²) < 4.78 is 37.2. The molecule has 0 bridgehead atoms. The minimum absolute atomic E-state index is 0.0534. The first-order chi connectivity index (χ1) is 9.19. The second-order valence-corrected chi connectivity index (χ2v) is 5.00. The fraction of sp³-hybridized carbons (Fsp3) is 0.538. The molecule has 0 amide bonds. The molecule has 0 unspecified atom stereocenters. The quantitative estimate of drug-likeness (QED) is 0.559. The number of methoxy groups -OCH3 is 2. The van der Waals surface area contributed by atoms with E-state index in [1.807, 2.05) is 0 Å². The van der Waals surface area contributed by atoms with Gasteiger partial charge in [0.25, 0.3) is 0 Å². The standard InChI is InChI=1S/C13H19F2NO2S/c1-17-4-3-16-9-10-7-11(14)13(12(15)8-10)19-6-5-18-2/h7-8,16H,3-6,9H2,1-2H3. The first-order valence-corrected chi connectivity index (χ1v) is 6.97. The molecule has 1 aromatic rings. The van der Waals surface area contributed by atoms with E-state index in [4.69, 9.17) is 9.47 Å². The largest absolute Gasteiger partial charge is 0.384 e. The number of hydrogen-bond acceptors (Lipinski definition) is 4. The number of benzene rings is 1. The zero-order chi connectivity index (χ0) is 14.1. The average Bonchev–Trinajstić information content (AvgIpc) is 2.38. The number of rotatable bonds is 9. The first-order valence-electron chi connectivity index (χ1n) is 5.98. The van der Waals surface area contributed by atoms with Gasteiger partial charge in [0, 0.05) is 33.1 Å². The van der Waals surface area contributed by atoms with Crippen LogP contribution in [-0.2, 0) is 16.0 Å². The molecule has 0 aliphatic heterocycles. The van der Waals surface area contributed by atoms with E-state index in [0.29, 0.717) is 37.6 Å². The van der Waals surface area contributed by atoms with Gasteiger partial charge in [-0.3, -0.25) is 0 Å². The van der Waals surface area contributed by atoms with Gasteiger partial charge >= 0.3 is 0 Å². The summed E-state index contributed by atoms with van der Waals surface area (Å²) in [4.78, 5) is 0.0534. The van der Waals surface area contributed by atoms with Crippen molar-refractivity contribution in [1.29, 1.82) is 0 Å². The number of hydrogen-bond donors (Lipinski definition) is 1. The third-order valence-corrected chi connectivity index (χ3v) is 3.45. The molecule has 0 radical (unpaired) electrons. The maximum atomic E-state index is 13.8. The van der Waals surface area contributed by atoms with Crippen LogP contribution in [0.25, 0.3) is 0 Å². The fourth-order valence-electron chi connectivity index (χ4n) is 1.49. The molecule has 108 valence electrons. The highest BCUT2D eigenvalue weighted by Crippen LogP contribution is 2.26. The van der Waals surface area contributed by atoms with Crippen molar-refractivity contribution in [1.82, 2.24) is 5.32 Å². The number of ether oxygens (including phenoxy) is 2. The van der Waals surface area contributed by atoms with Gasteiger partial charge in [-0.1, -0.05) is 0 Å². The predicted molar refractivity (Wildman–Crippen MR) is 72.5 cm³/mol. The highest BCUT2D eigenvalue weighted by molar-refractivity contribution is 7.99. The second kappa shape index (κ2) is 9.25. The van der Waals surface area contributed by atoms with Crippen molar-refractivity contribution in [3.63, 3.8) is 0 Å². The molecule has 1 aromatic carbocycles. The minimum Gasteiger partial charge on any atom is -0.384 e. The zero-order valence-corrected chi connectivity index (χ0v) is 12.0. The Bertz CT molecular complexity index is 368. The maximum absolute atomic E-state index is 13.8. The summed E-state index contributed by atoms with van der Waals surface area (Å²) in [7, 11) is 3.16. The van der Waals surface area contributed by atoms with Gasteiger partial charge in [0.1, 0.15) is 11.6 Å². The van der Waals surface area contributed by atoms with E-state index in [1.165, 1.54) is 12.1 Å². The lowest BCUT2D eigenvalue weighted by molar-refractivity contribution is 0.199. The number of halogens is 2. The monoisotopic (exact) mass is 291 g/mol. The molecule has 0 aromatic heterocycles. The Morgan fingerprint density at radius 1 is 1.11 bits per heavy atom. The van der Waals surface area contributed by atoms with Crippen LogP contribution in [0.4, 0.5) is 8.78 Å². The van der Waals surface area contributed by atoms with Gasteiger partial charge in [-0.2, -0.15) is 0 Å². The van der Waals surface area contributed by atoms with E-state index in [9.17, 15) is 8.78 Å². The van der Waals surface area contributed by atoms with E-state index < -0.39 is 11.6 Å². The zero-order valence-electron chi connectivity index (χ0n) is 11.2.